The number of aromatic hydroxyl groups is 1. The highest BCUT2D eigenvalue weighted by Gasteiger charge is 2.70. The van der Waals surface area contributed by atoms with Crippen LogP contribution < -0.4 is 20.5 Å². The summed E-state index contributed by atoms with van der Waals surface area (Å²) in [6.07, 6.45) is 2.19. The number of benzene rings is 4. The Labute approximate surface area is 306 Å². The van der Waals surface area contributed by atoms with Gasteiger partial charge in [0.15, 0.2) is 11.5 Å². The second kappa shape index (κ2) is 13.0. The SMILES string of the molecule is CCOc1cccc([C@H]2C3=CC[C@@H]4C(=O)N(c5cccc(B(O)O)c5)C(=O)[C@@H]4[C@@H]3C[C@H]3C(=O)N(Nc4ccc(C)cc4)C(=O)[C@@]23c2ccccc2)c1O. The fourth-order valence-corrected chi connectivity index (χ4v) is 9.21. The number of ether oxygens (including phenoxy) is 1. The molecule has 0 spiro atoms. The lowest BCUT2D eigenvalue weighted by atomic mass is 9.49. The van der Waals surface area contributed by atoms with Gasteiger partial charge in [-0.3, -0.25) is 29.5 Å². The van der Waals surface area contributed by atoms with Gasteiger partial charge in [0.25, 0.3) is 11.8 Å². The molecule has 8 rings (SSSR count). The molecule has 0 unspecified atom stereocenters. The maximum absolute atomic E-state index is 15.3. The van der Waals surface area contributed by atoms with Gasteiger partial charge >= 0.3 is 7.12 Å². The van der Waals surface area contributed by atoms with Gasteiger partial charge in [0, 0.05) is 11.5 Å². The number of aryl methyl sites for hydroxylation is 1. The first-order chi connectivity index (χ1) is 25.6. The van der Waals surface area contributed by atoms with Crippen molar-refractivity contribution in [3.63, 3.8) is 0 Å². The number of phenols is 1. The van der Waals surface area contributed by atoms with Gasteiger partial charge in [-0.05, 0) is 74.0 Å². The highest BCUT2D eigenvalue weighted by Crippen LogP contribution is 2.65. The van der Waals surface area contributed by atoms with Gasteiger partial charge in [-0.1, -0.05) is 83.9 Å². The molecule has 11 nitrogen and oxygen atoms in total. The first-order valence-corrected chi connectivity index (χ1v) is 17.8. The summed E-state index contributed by atoms with van der Waals surface area (Å²) in [5.74, 6) is -6.03. The van der Waals surface area contributed by atoms with Crippen LogP contribution in [0.5, 0.6) is 11.5 Å². The van der Waals surface area contributed by atoms with Crippen LogP contribution in [0.1, 0.15) is 42.4 Å². The lowest BCUT2D eigenvalue weighted by Gasteiger charge is -2.50. The van der Waals surface area contributed by atoms with E-state index in [1.807, 2.05) is 55.5 Å². The van der Waals surface area contributed by atoms with Crippen molar-refractivity contribution in [2.45, 2.75) is 38.0 Å². The lowest BCUT2D eigenvalue weighted by molar-refractivity contribution is -0.138. The standard InChI is InChI=1S/C41H38BN3O8/c1-3-53-33-14-8-13-30(36(33)46)35-28-19-20-29-34(39(49)44(37(29)47)27-12-7-11-25(21-27)42(51)52)31(28)22-32-38(48)45(43-26-17-15-23(2)16-18-26)40(50)41(32,35)24-9-5-4-6-10-24/h4-19,21,29,31-32,34-35,43,46,51-52H,3,20,22H2,1-2H3/t29-,31+,32-,34-,35+,41+/m0/s1. The summed E-state index contributed by atoms with van der Waals surface area (Å²) in [5.41, 5.74) is 5.06. The molecule has 4 aromatic rings. The Balaban J connectivity index is 1.32. The van der Waals surface area contributed by atoms with Crippen molar-refractivity contribution in [2.75, 3.05) is 16.9 Å². The molecule has 2 aliphatic carbocycles. The number of amides is 4. The summed E-state index contributed by atoms with van der Waals surface area (Å²) in [4.78, 5) is 59.9. The number of allylic oxidation sites excluding steroid dienone is 2. The van der Waals surface area contributed by atoms with Crippen LogP contribution in [0.15, 0.2) is 109 Å². The second-order valence-electron chi connectivity index (χ2n) is 14.2. The maximum atomic E-state index is 15.3. The third-order valence-electron chi connectivity index (χ3n) is 11.5. The number of imide groups is 2. The molecule has 268 valence electrons. The Hall–Kier alpha value is -5.72. The van der Waals surface area contributed by atoms with Crippen LogP contribution in [0.3, 0.4) is 0 Å². The molecule has 2 saturated heterocycles. The van der Waals surface area contributed by atoms with Crippen molar-refractivity contribution in [1.29, 1.82) is 0 Å². The van der Waals surface area contributed by atoms with E-state index >= 15 is 4.79 Å². The minimum Gasteiger partial charge on any atom is -0.504 e. The molecule has 6 atom stereocenters. The summed E-state index contributed by atoms with van der Waals surface area (Å²) < 4.78 is 5.82. The molecular formula is C41H38BN3O8. The molecule has 2 heterocycles. The smallest absolute Gasteiger partial charge is 0.488 e. The number of anilines is 2. The third kappa shape index (κ3) is 5.19. The summed E-state index contributed by atoms with van der Waals surface area (Å²) in [6, 6.07) is 27.6. The third-order valence-corrected chi connectivity index (χ3v) is 11.5. The Kier molecular flexibility index (Phi) is 8.46. The van der Waals surface area contributed by atoms with Crippen molar-refractivity contribution in [1.82, 2.24) is 5.01 Å². The van der Waals surface area contributed by atoms with Gasteiger partial charge in [-0.25, -0.2) is 0 Å². The number of hydrazine groups is 1. The molecule has 2 aliphatic heterocycles. The summed E-state index contributed by atoms with van der Waals surface area (Å²) in [7, 11) is -1.80. The molecule has 3 fully saturated rings. The highest BCUT2D eigenvalue weighted by atomic mass is 16.5. The van der Waals surface area contributed by atoms with E-state index in [0.29, 0.717) is 22.4 Å². The normalized spacial score (nSPS) is 26.2. The van der Waals surface area contributed by atoms with Crippen molar-refractivity contribution >= 4 is 47.6 Å². The predicted molar refractivity (Wildman–Crippen MR) is 197 cm³/mol. The van der Waals surface area contributed by atoms with E-state index in [1.165, 1.54) is 12.1 Å². The van der Waals surface area contributed by atoms with E-state index in [4.69, 9.17) is 4.74 Å². The van der Waals surface area contributed by atoms with E-state index < -0.39 is 65.8 Å². The van der Waals surface area contributed by atoms with E-state index in [9.17, 15) is 29.5 Å². The average Bonchev–Trinajstić information content (AvgIpc) is 3.54. The fraction of sp³-hybridized carbons (Fsp3) is 0.268. The topological polar surface area (TPSA) is 157 Å². The highest BCUT2D eigenvalue weighted by molar-refractivity contribution is 6.58. The largest absolute Gasteiger partial charge is 0.504 e. The molecule has 4 aromatic carbocycles. The number of nitrogens with zero attached hydrogens (tertiary/aromatic N) is 2. The Bertz CT molecular complexity index is 2170. The van der Waals surface area contributed by atoms with Gasteiger partial charge in [0.05, 0.1) is 41.2 Å². The minimum absolute atomic E-state index is 0.0865. The van der Waals surface area contributed by atoms with Crippen molar-refractivity contribution in [3.05, 3.63) is 125 Å². The van der Waals surface area contributed by atoms with E-state index in [-0.39, 0.29) is 42.1 Å². The van der Waals surface area contributed by atoms with Crippen LogP contribution >= 0.6 is 0 Å². The van der Waals surface area contributed by atoms with Crippen LogP contribution in [0.4, 0.5) is 11.4 Å². The fourth-order valence-electron chi connectivity index (χ4n) is 9.21. The van der Waals surface area contributed by atoms with Gasteiger partial charge < -0.3 is 19.9 Å². The van der Waals surface area contributed by atoms with Crippen LogP contribution in [-0.2, 0) is 24.6 Å². The Morgan fingerprint density at radius 1 is 0.868 bits per heavy atom. The Morgan fingerprint density at radius 2 is 1.60 bits per heavy atom. The van der Waals surface area contributed by atoms with Gasteiger partial charge in [-0.2, -0.15) is 5.01 Å². The van der Waals surface area contributed by atoms with Crippen LogP contribution in [0, 0.1) is 30.6 Å². The Morgan fingerprint density at radius 3 is 2.32 bits per heavy atom. The number of nitrogens with one attached hydrogen (secondary N) is 1. The summed E-state index contributed by atoms with van der Waals surface area (Å²) in [6.45, 7) is 4.01. The minimum atomic E-state index is -1.80. The average molecular weight is 712 g/mol. The predicted octanol–water partition coefficient (Wildman–Crippen LogP) is 3.97. The number of para-hydroxylation sites is 1. The molecule has 0 radical (unpaired) electrons. The monoisotopic (exact) mass is 711 g/mol. The van der Waals surface area contributed by atoms with E-state index in [1.54, 1.807) is 49.4 Å². The number of phenolic OH excluding ortho intramolecular Hbond substituents is 1. The van der Waals surface area contributed by atoms with Gasteiger partial charge in [0.1, 0.15) is 0 Å². The number of carbonyl (C=O) groups excluding carboxylic acids is 4. The summed E-state index contributed by atoms with van der Waals surface area (Å²) in [5, 5.41) is 32.7. The van der Waals surface area contributed by atoms with Crippen molar-refractivity contribution < 1.29 is 39.1 Å². The van der Waals surface area contributed by atoms with Gasteiger partial charge in [-0.15, -0.1) is 0 Å². The molecule has 0 aromatic heterocycles. The first kappa shape index (κ1) is 34.4. The number of rotatable bonds is 8. The molecule has 4 aliphatic rings. The number of hydrogen-bond donors (Lipinski definition) is 4. The molecular weight excluding hydrogens is 673 g/mol. The second-order valence-corrected chi connectivity index (χ2v) is 14.2. The molecule has 4 amide bonds. The molecule has 1 saturated carbocycles. The zero-order chi connectivity index (χ0) is 37.2. The zero-order valence-electron chi connectivity index (χ0n) is 29.2. The number of hydrogen-bond acceptors (Lipinski definition) is 9. The quantitative estimate of drug-likeness (QED) is 0.121. The lowest BCUT2D eigenvalue weighted by Crippen LogP contribution is -2.53. The number of fused-ring (bicyclic) bond motifs is 4. The van der Waals surface area contributed by atoms with Gasteiger partial charge in [0.2, 0.25) is 11.8 Å². The van der Waals surface area contributed by atoms with Crippen molar-refractivity contribution in [3.8, 4) is 11.5 Å². The van der Waals surface area contributed by atoms with Crippen LogP contribution in [-0.4, -0.2) is 57.5 Å². The van der Waals surface area contributed by atoms with E-state index in [0.717, 1.165) is 15.5 Å². The molecule has 0 bridgehead atoms. The van der Waals surface area contributed by atoms with Crippen molar-refractivity contribution in [2.24, 2.45) is 23.7 Å². The summed E-state index contributed by atoms with van der Waals surface area (Å²) >= 11 is 0. The van der Waals surface area contributed by atoms with Crippen LogP contribution in [0.25, 0.3) is 0 Å². The molecule has 4 N–H and O–H groups in total. The zero-order valence-corrected chi connectivity index (χ0v) is 29.2. The first-order valence-electron chi connectivity index (χ1n) is 17.8. The molecule has 53 heavy (non-hydrogen) atoms. The maximum Gasteiger partial charge on any atom is 0.488 e. The molecule has 12 heteroatoms. The van der Waals surface area contributed by atoms with E-state index in [2.05, 4.69) is 5.43 Å². The number of carbonyl (C=O) groups is 4. The van der Waals surface area contributed by atoms with Crippen LogP contribution in [0.2, 0.25) is 0 Å².